The summed E-state index contributed by atoms with van der Waals surface area (Å²) in [5.41, 5.74) is 1.04. The van der Waals surface area contributed by atoms with Gasteiger partial charge in [-0.05, 0) is 6.92 Å². The molecule has 0 amide bonds. The van der Waals surface area contributed by atoms with E-state index in [-0.39, 0.29) is 10.8 Å². The summed E-state index contributed by atoms with van der Waals surface area (Å²) in [6.45, 7) is 18.8. The number of aromatic nitrogens is 4. The second-order valence-corrected chi connectivity index (χ2v) is 9.76. The van der Waals surface area contributed by atoms with Gasteiger partial charge in [0.05, 0.1) is 5.69 Å². The first-order chi connectivity index (χ1) is 12.0. The molecule has 1 saturated heterocycles. The number of rotatable bonds is 2. The minimum atomic E-state index is -0.0675. The lowest BCUT2D eigenvalue weighted by atomic mass is 9.90. The Kier molecular flexibility index (Phi) is 4.94. The van der Waals surface area contributed by atoms with E-state index in [9.17, 15) is 0 Å². The van der Waals surface area contributed by atoms with Gasteiger partial charge in [-0.3, -0.25) is 0 Å². The fourth-order valence-corrected chi connectivity index (χ4v) is 3.58. The Balaban J connectivity index is 1.83. The average Bonchev–Trinajstić information content (AvgIpc) is 2.99. The Morgan fingerprint density at radius 1 is 0.846 bits per heavy atom. The zero-order valence-corrected chi connectivity index (χ0v) is 17.8. The van der Waals surface area contributed by atoms with E-state index in [4.69, 9.17) is 9.97 Å². The molecule has 6 nitrogen and oxygen atoms in total. The quantitative estimate of drug-likeness (QED) is 0.801. The fraction of sp³-hybridized carbons (Fsp3) is 0.684. The smallest absolute Gasteiger partial charge is 0.205 e. The molecule has 0 spiro atoms. The van der Waals surface area contributed by atoms with Crippen molar-refractivity contribution >= 4 is 22.5 Å². The number of aryl methyl sites for hydroxylation is 1. The number of anilines is 2. The Labute approximate surface area is 160 Å². The second-order valence-electron chi connectivity index (χ2n) is 9.03. The standard InChI is InChI=1S/C19H30N6S/c1-13-20-17(26-23-13)25-10-8-24(9-11-25)15-12-14(18(2,3)4)21-16(22-15)19(5,6)7/h12H,8-11H2,1-7H3. The average molecular weight is 375 g/mol. The summed E-state index contributed by atoms with van der Waals surface area (Å²) in [4.78, 5) is 19.0. The number of hydrogen-bond acceptors (Lipinski definition) is 7. The van der Waals surface area contributed by atoms with Crippen LogP contribution in [0.15, 0.2) is 6.07 Å². The second kappa shape index (κ2) is 6.76. The van der Waals surface area contributed by atoms with Crippen molar-refractivity contribution < 1.29 is 0 Å². The summed E-state index contributed by atoms with van der Waals surface area (Å²) in [6, 6.07) is 2.17. The first-order valence-corrected chi connectivity index (χ1v) is 10.0. The SMILES string of the molecule is Cc1nsc(N2CCN(c3cc(C(C)(C)C)nc(C(C)(C)C)n3)CC2)n1. The zero-order chi connectivity index (χ0) is 19.1. The van der Waals surface area contributed by atoms with Gasteiger partial charge in [0, 0.05) is 54.6 Å². The highest BCUT2D eigenvalue weighted by Crippen LogP contribution is 2.29. The molecule has 1 aliphatic rings. The lowest BCUT2D eigenvalue weighted by Gasteiger charge is -2.36. The normalized spacial score (nSPS) is 16.3. The van der Waals surface area contributed by atoms with E-state index in [2.05, 4.69) is 66.8 Å². The minimum Gasteiger partial charge on any atom is -0.353 e. The van der Waals surface area contributed by atoms with Crippen molar-refractivity contribution in [2.24, 2.45) is 0 Å². The van der Waals surface area contributed by atoms with Crippen LogP contribution in [0, 0.1) is 6.92 Å². The third-order valence-corrected chi connectivity index (χ3v) is 5.41. The van der Waals surface area contributed by atoms with E-state index in [1.807, 2.05) is 6.92 Å². The monoisotopic (exact) mass is 374 g/mol. The molecule has 0 unspecified atom stereocenters. The first kappa shape index (κ1) is 19.0. The van der Waals surface area contributed by atoms with Crippen LogP contribution in [0.4, 0.5) is 10.9 Å². The molecule has 0 radical (unpaired) electrons. The predicted octanol–water partition coefficient (Wildman–Crippen LogP) is 3.56. The van der Waals surface area contributed by atoms with Crippen molar-refractivity contribution in [1.82, 2.24) is 19.3 Å². The van der Waals surface area contributed by atoms with Crippen molar-refractivity contribution in [1.29, 1.82) is 0 Å². The van der Waals surface area contributed by atoms with Gasteiger partial charge in [0.15, 0.2) is 0 Å². The van der Waals surface area contributed by atoms with Crippen LogP contribution >= 0.6 is 11.5 Å². The van der Waals surface area contributed by atoms with E-state index in [0.29, 0.717) is 0 Å². The van der Waals surface area contributed by atoms with Crippen LogP contribution in [0.25, 0.3) is 0 Å². The van der Waals surface area contributed by atoms with Crippen molar-refractivity contribution in [3.63, 3.8) is 0 Å². The Morgan fingerprint density at radius 2 is 1.46 bits per heavy atom. The summed E-state index contributed by atoms with van der Waals surface area (Å²) in [5, 5.41) is 1.02. The van der Waals surface area contributed by atoms with Crippen molar-refractivity contribution in [3.05, 3.63) is 23.4 Å². The van der Waals surface area contributed by atoms with Crippen LogP contribution in [0.3, 0.4) is 0 Å². The summed E-state index contributed by atoms with van der Waals surface area (Å²) in [6.07, 6.45) is 0. The molecular formula is C19H30N6S. The topological polar surface area (TPSA) is 58.0 Å². The lowest BCUT2D eigenvalue weighted by molar-refractivity contribution is 0.511. The van der Waals surface area contributed by atoms with E-state index < -0.39 is 0 Å². The maximum absolute atomic E-state index is 4.91. The highest BCUT2D eigenvalue weighted by molar-refractivity contribution is 7.09. The Morgan fingerprint density at radius 3 is 1.96 bits per heavy atom. The van der Waals surface area contributed by atoms with Crippen LogP contribution in [0.1, 0.15) is 58.9 Å². The van der Waals surface area contributed by atoms with Crippen LogP contribution in [0.2, 0.25) is 0 Å². The van der Waals surface area contributed by atoms with Gasteiger partial charge >= 0.3 is 0 Å². The van der Waals surface area contributed by atoms with Gasteiger partial charge in [-0.1, -0.05) is 41.5 Å². The van der Waals surface area contributed by atoms with E-state index in [1.54, 1.807) is 0 Å². The van der Waals surface area contributed by atoms with Crippen LogP contribution in [-0.4, -0.2) is 45.5 Å². The lowest BCUT2D eigenvalue weighted by Crippen LogP contribution is -2.47. The molecule has 7 heteroatoms. The molecule has 142 valence electrons. The first-order valence-electron chi connectivity index (χ1n) is 9.24. The third kappa shape index (κ3) is 4.14. The van der Waals surface area contributed by atoms with Crippen molar-refractivity contribution in [2.45, 2.75) is 59.3 Å². The molecule has 0 atom stereocenters. The molecule has 0 aromatic carbocycles. The summed E-state index contributed by atoms with van der Waals surface area (Å²) < 4.78 is 4.30. The van der Waals surface area contributed by atoms with Crippen LogP contribution in [-0.2, 0) is 10.8 Å². The largest absolute Gasteiger partial charge is 0.353 e. The van der Waals surface area contributed by atoms with Gasteiger partial charge in [0.25, 0.3) is 0 Å². The summed E-state index contributed by atoms with van der Waals surface area (Å²) in [7, 11) is 0. The molecule has 3 heterocycles. The molecular weight excluding hydrogens is 344 g/mol. The van der Waals surface area contributed by atoms with Crippen LogP contribution < -0.4 is 9.80 Å². The maximum atomic E-state index is 4.91. The Hall–Kier alpha value is -1.76. The van der Waals surface area contributed by atoms with Gasteiger partial charge in [-0.2, -0.15) is 4.37 Å². The Bertz CT molecular complexity index is 731. The molecule has 0 saturated carbocycles. The van der Waals surface area contributed by atoms with Gasteiger partial charge in [-0.25, -0.2) is 15.0 Å². The summed E-state index contributed by atoms with van der Waals surface area (Å²) in [5.74, 6) is 2.82. The minimum absolute atomic E-state index is 0.00357. The fourth-order valence-electron chi connectivity index (χ4n) is 2.86. The number of piperazine rings is 1. The third-order valence-electron chi connectivity index (χ3n) is 4.54. The van der Waals surface area contributed by atoms with Crippen molar-refractivity contribution in [2.75, 3.05) is 36.0 Å². The molecule has 3 rings (SSSR count). The van der Waals surface area contributed by atoms with E-state index in [1.165, 1.54) is 11.5 Å². The molecule has 0 N–H and O–H groups in total. The molecule has 1 aliphatic heterocycles. The summed E-state index contributed by atoms with van der Waals surface area (Å²) >= 11 is 1.49. The van der Waals surface area contributed by atoms with Gasteiger partial charge < -0.3 is 9.80 Å². The molecule has 0 aliphatic carbocycles. The number of hydrogen-bond donors (Lipinski definition) is 0. The van der Waals surface area contributed by atoms with Gasteiger partial charge in [0.1, 0.15) is 17.5 Å². The van der Waals surface area contributed by atoms with Gasteiger partial charge in [-0.15, -0.1) is 0 Å². The van der Waals surface area contributed by atoms with Crippen molar-refractivity contribution in [3.8, 4) is 0 Å². The zero-order valence-electron chi connectivity index (χ0n) is 17.0. The van der Waals surface area contributed by atoms with E-state index in [0.717, 1.165) is 54.5 Å². The molecule has 2 aromatic rings. The molecule has 0 bridgehead atoms. The number of nitrogens with zero attached hydrogens (tertiary/aromatic N) is 6. The van der Waals surface area contributed by atoms with Crippen LogP contribution in [0.5, 0.6) is 0 Å². The highest BCUT2D eigenvalue weighted by Gasteiger charge is 2.27. The maximum Gasteiger partial charge on any atom is 0.205 e. The van der Waals surface area contributed by atoms with Gasteiger partial charge in [0.2, 0.25) is 5.13 Å². The predicted molar refractivity (Wildman–Crippen MR) is 109 cm³/mol. The van der Waals surface area contributed by atoms with E-state index >= 15 is 0 Å². The molecule has 1 fully saturated rings. The highest BCUT2D eigenvalue weighted by atomic mass is 32.1. The molecule has 2 aromatic heterocycles. The molecule has 26 heavy (non-hydrogen) atoms.